The third kappa shape index (κ3) is 2.09. The van der Waals surface area contributed by atoms with E-state index in [2.05, 4.69) is 36.8 Å². The highest BCUT2D eigenvalue weighted by atomic mass is 16.1. The Morgan fingerprint density at radius 2 is 1.82 bits per heavy atom. The number of aryl methyl sites for hydroxylation is 1. The van der Waals surface area contributed by atoms with Crippen LogP contribution < -0.4 is 0 Å². The fourth-order valence-corrected chi connectivity index (χ4v) is 1.81. The number of carbonyl (C=O) groups excluding carboxylic acids is 1. The maximum Gasteiger partial charge on any atom is 0.193 e. The molecule has 0 amide bonds. The van der Waals surface area contributed by atoms with Crippen molar-refractivity contribution < 1.29 is 4.79 Å². The van der Waals surface area contributed by atoms with E-state index in [-0.39, 0.29) is 5.82 Å². The zero-order valence-corrected chi connectivity index (χ0v) is 10.2. The van der Waals surface area contributed by atoms with Crippen molar-refractivity contribution >= 4 is 6.29 Å². The largest absolute Gasteiger partial charge is 0.294 e. The quantitative estimate of drug-likeness (QED) is 0.739. The predicted octanol–water partition coefficient (Wildman–Crippen LogP) is 2.88. The first-order valence-electron chi connectivity index (χ1n) is 5.49. The Morgan fingerprint density at radius 3 is 2.53 bits per heavy atom. The van der Waals surface area contributed by atoms with Gasteiger partial charge in [0.05, 0.1) is 5.69 Å². The van der Waals surface area contributed by atoms with Gasteiger partial charge in [-0.1, -0.05) is 12.1 Å². The van der Waals surface area contributed by atoms with E-state index in [4.69, 9.17) is 0 Å². The molecule has 3 heteroatoms. The lowest BCUT2D eigenvalue weighted by Gasteiger charge is -2.10. The van der Waals surface area contributed by atoms with Crippen LogP contribution in [0.3, 0.4) is 0 Å². The van der Waals surface area contributed by atoms with Gasteiger partial charge >= 0.3 is 0 Å². The average molecular weight is 226 g/mol. The third-order valence-corrected chi connectivity index (χ3v) is 3.11. The summed E-state index contributed by atoms with van der Waals surface area (Å²) in [6.07, 6.45) is 2.28. The Labute approximate surface area is 101 Å². The molecular weight excluding hydrogens is 212 g/mol. The summed E-state index contributed by atoms with van der Waals surface area (Å²) in [6.45, 7) is 6.25. The van der Waals surface area contributed by atoms with Crippen LogP contribution in [0, 0.1) is 20.8 Å². The summed E-state index contributed by atoms with van der Waals surface area (Å²) in [5, 5.41) is 0. The minimum Gasteiger partial charge on any atom is -0.294 e. The lowest BCUT2D eigenvalue weighted by molar-refractivity contribution is 0.111. The van der Waals surface area contributed by atoms with Gasteiger partial charge in [-0.2, -0.15) is 0 Å². The van der Waals surface area contributed by atoms with Gasteiger partial charge in [-0.15, -0.1) is 0 Å². The van der Waals surface area contributed by atoms with E-state index >= 15 is 0 Å². The maximum atomic E-state index is 10.7. The van der Waals surface area contributed by atoms with Crippen molar-refractivity contribution in [2.75, 3.05) is 0 Å². The summed E-state index contributed by atoms with van der Waals surface area (Å²) >= 11 is 0. The molecule has 2 aromatic rings. The minimum absolute atomic E-state index is 0.222. The Bertz CT molecular complexity index is 576. The van der Waals surface area contributed by atoms with Crippen LogP contribution in [0.25, 0.3) is 11.3 Å². The second-order valence-corrected chi connectivity index (χ2v) is 4.10. The summed E-state index contributed by atoms with van der Waals surface area (Å²) in [4.78, 5) is 18.8. The number of benzene rings is 1. The number of hydrogen-bond acceptors (Lipinski definition) is 3. The first-order valence-corrected chi connectivity index (χ1v) is 5.49. The molecule has 0 fully saturated rings. The standard InChI is InChI=1S/C14H14N2O/c1-9-4-5-12(11(3)10(9)2)13-6-7-15-14(8-17)16-13/h4-8H,1-3H3. The summed E-state index contributed by atoms with van der Waals surface area (Å²) in [7, 11) is 0. The predicted molar refractivity (Wildman–Crippen MR) is 67.1 cm³/mol. The van der Waals surface area contributed by atoms with Gasteiger partial charge in [-0.3, -0.25) is 4.79 Å². The van der Waals surface area contributed by atoms with Gasteiger partial charge in [-0.05, 0) is 43.5 Å². The van der Waals surface area contributed by atoms with Crippen molar-refractivity contribution in [2.45, 2.75) is 20.8 Å². The topological polar surface area (TPSA) is 42.9 Å². The van der Waals surface area contributed by atoms with Crippen LogP contribution in [0.4, 0.5) is 0 Å². The van der Waals surface area contributed by atoms with Crippen LogP contribution in [0.5, 0.6) is 0 Å². The molecular formula is C14H14N2O. The van der Waals surface area contributed by atoms with Gasteiger partial charge in [0.1, 0.15) is 0 Å². The summed E-state index contributed by atoms with van der Waals surface area (Å²) in [5.74, 6) is 0.222. The van der Waals surface area contributed by atoms with E-state index < -0.39 is 0 Å². The molecule has 0 bridgehead atoms. The second kappa shape index (κ2) is 4.45. The molecule has 1 aromatic heterocycles. The SMILES string of the molecule is Cc1ccc(-c2ccnc(C=O)n2)c(C)c1C. The molecule has 1 heterocycles. The molecule has 0 N–H and O–H groups in total. The molecule has 0 saturated carbocycles. The molecule has 0 saturated heterocycles. The molecule has 0 atom stereocenters. The van der Waals surface area contributed by atoms with E-state index in [0.29, 0.717) is 6.29 Å². The zero-order valence-electron chi connectivity index (χ0n) is 10.2. The zero-order chi connectivity index (χ0) is 12.4. The van der Waals surface area contributed by atoms with Gasteiger partial charge in [0.15, 0.2) is 12.1 Å². The highest BCUT2D eigenvalue weighted by Gasteiger charge is 2.07. The lowest BCUT2D eigenvalue weighted by Crippen LogP contribution is -1.97. The number of nitrogens with zero attached hydrogens (tertiary/aromatic N) is 2. The summed E-state index contributed by atoms with van der Waals surface area (Å²) in [5.41, 5.74) is 5.56. The van der Waals surface area contributed by atoms with Gasteiger partial charge in [0.25, 0.3) is 0 Å². The van der Waals surface area contributed by atoms with E-state index in [1.54, 1.807) is 6.20 Å². The number of aromatic nitrogens is 2. The van der Waals surface area contributed by atoms with Crippen molar-refractivity contribution in [3.8, 4) is 11.3 Å². The Kier molecular flexibility index (Phi) is 3.00. The van der Waals surface area contributed by atoms with Crippen molar-refractivity contribution in [1.29, 1.82) is 0 Å². The van der Waals surface area contributed by atoms with Crippen LogP contribution in [-0.4, -0.2) is 16.3 Å². The van der Waals surface area contributed by atoms with Crippen molar-refractivity contribution in [3.63, 3.8) is 0 Å². The average Bonchev–Trinajstić information content (AvgIpc) is 2.36. The maximum absolute atomic E-state index is 10.7. The lowest BCUT2D eigenvalue weighted by atomic mass is 9.97. The van der Waals surface area contributed by atoms with E-state index in [1.165, 1.54) is 16.7 Å². The normalized spacial score (nSPS) is 10.3. The van der Waals surface area contributed by atoms with Gasteiger partial charge in [0, 0.05) is 11.8 Å². The molecule has 1 aromatic carbocycles. The van der Waals surface area contributed by atoms with Crippen molar-refractivity contribution in [2.24, 2.45) is 0 Å². The Balaban J connectivity index is 2.60. The number of aldehydes is 1. The van der Waals surface area contributed by atoms with E-state index in [0.717, 1.165) is 11.3 Å². The Morgan fingerprint density at radius 1 is 1.06 bits per heavy atom. The molecule has 0 aliphatic carbocycles. The number of hydrogen-bond donors (Lipinski definition) is 0. The molecule has 0 aliphatic heterocycles. The monoisotopic (exact) mass is 226 g/mol. The van der Waals surface area contributed by atoms with Crippen molar-refractivity contribution in [3.05, 3.63) is 46.9 Å². The van der Waals surface area contributed by atoms with Gasteiger partial charge in [-0.25, -0.2) is 9.97 Å². The fraction of sp³-hybridized carbons (Fsp3) is 0.214. The number of rotatable bonds is 2. The highest BCUT2D eigenvalue weighted by Crippen LogP contribution is 2.25. The molecule has 0 radical (unpaired) electrons. The Hall–Kier alpha value is -2.03. The molecule has 0 spiro atoms. The van der Waals surface area contributed by atoms with Crippen LogP contribution in [0.15, 0.2) is 24.4 Å². The first-order chi connectivity index (χ1) is 8.13. The van der Waals surface area contributed by atoms with Crippen LogP contribution in [0.1, 0.15) is 27.3 Å². The van der Waals surface area contributed by atoms with Gasteiger partial charge in [0.2, 0.25) is 0 Å². The van der Waals surface area contributed by atoms with E-state index in [9.17, 15) is 4.79 Å². The molecule has 0 unspecified atom stereocenters. The van der Waals surface area contributed by atoms with Crippen molar-refractivity contribution in [1.82, 2.24) is 9.97 Å². The number of carbonyl (C=O) groups is 1. The summed E-state index contributed by atoms with van der Waals surface area (Å²) in [6, 6.07) is 5.93. The van der Waals surface area contributed by atoms with Crippen LogP contribution >= 0.6 is 0 Å². The molecule has 2 rings (SSSR count). The van der Waals surface area contributed by atoms with Crippen LogP contribution in [0.2, 0.25) is 0 Å². The molecule has 86 valence electrons. The molecule has 3 nitrogen and oxygen atoms in total. The van der Waals surface area contributed by atoms with Crippen LogP contribution in [-0.2, 0) is 0 Å². The second-order valence-electron chi connectivity index (χ2n) is 4.10. The first kappa shape index (κ1) is 11.5. The fourth-order valence-electron chi connectivity index (χ4n) is 1.81. The molecule has 0 aliphatic rings. The van der Waals surface area contributed by atoms with Gasteiger partial charge < -0.3 is 0 Å². The molecule has 17 heavy (non-hydrogen) atoms. The minimum atomic E-state index is 0.222. The summed E-state index contributed by atoms with van der Waals surface area (Å²) < 4.78 is 0. The smallest absolute Gasteiger partial charge is 0.193 e. The third-order valence-electron chi connectivity index (χ3n) is 3.11. The highest BCUT2D eigenvalue weighted by molar-refractivity contribution is 5.72. The van der Waals surface area contributed by atoms with E-state index in [1.807, 2.05) is 12.1 Å².